The molecule has 1 heterocycles. The lowest BCUT2D eigenvalue weighted by molar-refractivity contribution is -0.143. The first-order valence-corrected chi connectivity index (χ1v) is 7.71. The third-order valence-electron chi connectivity index (χ3n) is 3.19. The molecule has 1 aromatic carbocycles. The molecule has 0 spiro atoms. The number of rotatable bonds is 6. The van der Waals surface area contributed by atoms with Crippen molar-refractivity contribution in [3.8, 4) is 0 Å². The van der Waals surface area contributed by atoms with Gasteiger partial charge in [0.1, 0.15) is 16.9 Å². The number of aromatic nitrogens is 2. The minimum Gasteiger partial charge on any atom is -0.355 e. The van der Waals surface area contributed by atoms with Gasteiger partial charge >= 0.3 is 6.18 Å². The van der Waals surface area contributed by atoms with Crippen molar-refractivity contribution in [1.82, 2.24) is 9.97 Å². The molecule has 1 atom stereocenters. The van der Waals surface area contributed by atoms with E-state index in [4.69, 9.17) is 23.2 Å². The molecule has 0 radical (unpaired) electrons. The Morgan fingerprint density at radius 1 is 1.24 bits per heavy atom. The average molecular weight is 396 g/mol. The van der Waals surface area contributed by atoms with E-state index in [2.05, 4.69) is 15.3 Å². The molecule has 134 valence electrons. The standard InChI is InChI=1S/C15H11Cl2F4N3O/c16-9-7-22-14(17)24-13(9)23-12(8-3-1-2-4-10(8)18)11(25)5-6-15(19,20)21/h1-4,7,12H,5-6H2,(H,22,23,24). The third-order valence-corrected chi connectivity index (χ3v) is 3.65. The van der Waals surface area contributed by atoms with Gasteiger partial charge in [-0.2, -0.15) is 18.2 Å². The van der Waals surface area contributed by atoms with E-state index in [9.17, 15) is 22.4 Å². The molecule has 0 aliphatic rings. The van der Waals surface area contributed by atoms with Gasteiger partial charge in [-0.1, -0.05) is 29.8 Å². The average Bonchev–Trinajstić information content (AvgIpc) is 2.53. The summed E-state index contributed by atoms with van der Waals surface area (Å²) in [5.74, 6) is -1.71. The number of nitrogens with zero attached hydrogens (tertiary/aromatic N) is 2. The molecule has 0 aliphatic heterocycles. The molecule has 1 aromatic heterocycles. The highest BCUT2D eigenvalue weighted by Gasteiger charge is 2.31. The van der Waals surface area contributed by atoms with E-state index < -0.39 is 36.7 Å². The third kappa shape index (κ3) is 5.54. The van der Waals surface area contributed by atoms with Crippen LogP contribution in [0.15, 0.2) is 30.5 Å². The van der Waals surface area contributed by atoms with E-state index in [0.29, 0.717) is 0 Å². The predicted molar refractivity (Wildman–Crippen MR) is 85.1 cm³/mol. The summed E-state index contributed by atoms with van der Waals surface area (Å²) in [6.45, 7) is 0. The molecule has 2 aromatic rings. The summed E-state index contributed by atoms with van der Waals surface area (Å²) < 4.78 is 51.2. The Morgan fingerprint density at radius 3 is 2.56 bits per heavy atom. The fraction of sp³-hybridized carbons (Fsp3) is 0.267. The molecule has 0 saturated heterocycles. The molecule has 0 aliphatic carbocycles. The first kappa shape index (κ1) is 19.4. The monoisotopic (exact) mass is 395 g/mol. The highest BCUT2D eigenvalue weighted by molar-refractivity contribution is 6.33. The van der Waals surface area contributed by atoms with E-state index in [1.807, 2.05) is 0 Å². The van der Waals surface area contributed by atoms with Crippen molar-refractivity contribution in [3.05, 3.63) is 52.1 Å². The van der Waals surface area contributed by atoms with Crippen LogP contribution < -0.4 is 5.32 Å². The zero-order valence-corrected chi connectivity index (χ0v) is 14.0. The number of carbonyl (C=O) groups excluding carboxylic acids is 1. The van der Waals surface area contributed by atoms with Gasteiger partial charge in [-0.15, -0.1) is 0 Å². The van der Waals surface area contributed by atoms with Crippen LogP contribution in [0.3, 0.4) is 0 Å². The minimum atomic E-state index is -4.51. The molecule has 0 saturated carbocycles. The Hall–Kier alpha value is -1.93. The molecule has 10 heteroatoms. The van der Waals surface area contributed by atoms with Gasteiger partial charge in [0.15, 0.2) is 11.6 Å². The molecule has 25 heavy (non-hydrogen) atoms. The highest BCUT2D eigenvalue weighted by atomic mass is 35.5. The first-order chi connectivity index (χ1) is 11.7. The number of halogens is 6. The van der Waals surface area contributed by atoms with Gasteiger partial charge < -0.3 is 5.32 Å². The summed E-state index contributed by atoms with van der Waals surface area (Å²) in [6.07, 6.45) is -5.51. The normalized spacial score (nSPS) is 12.7. The summed E-state index contributed by atoms with van der Waals surface area (Å²) in [7, 11) is 0. The SMILES string of the molecule is O=C(CCC(F)(F)F)C(Nc1nc(Cl)ncc1Cl)c1ccccc1F. The fourth-order valence-electron chi connectivity index (χ4n) is 2.03. The van der Waals surface area contributed by atoms with Crippen LogP contribution in [0, 0.1) is 5.82 Å². The second-order valence-electron chi connectivity index (χ2n) is 5.02. The maximum atomic E-state index is 14.1. The number of hydrogen-bond acceptors (Lipinski definition) is 4. The van der Waals surface area contributed by atoms with Gasteiger partial charge in [0.2, 0.25) is 5.28 Å². The van der Waals surface area contributed by atoms with Crippen molar-refractivity contribution in [2.24, 2.45) is 0 Å². The number of carbonyl (C=O) groups is 1. The van der Waals surface area contributed by atoms with Crippen molar-refractivity contribution in [2.75, 3.05) is 5.32 Å². The van der Waals surface area contributed by atoms with E-state index in [1.165, 1.54) is 18.2 Å². The minimum absolute atomic E-state index is 0.0191. The Labute approximate surface area is 150 Å². The highest BCUT2D eigenvalue weighted by Crippen LogP contribution is 2.30. The van der Waals surface area contributed by atoms with Crippen molar-refractivity contribution in [2.45, 2.75) is 25.1 Å². The van der Waals surface area contributed by atoms with Crippen molar-refractivity contribution >= 4 is 34.8 Å². The van der Waals surface area contributed by atoms with Gasteiger partial charge in [-0.05, 0) is 17.7 Å². The lowest BCUT2D eigenvalue weighted by atomic mass is 9.99. The van der Waals surface area contributed by atoms with E-state index in [0.717, 1.165) is 12.3 Å². The Bertz CT molecular complexity index is 771. The van der Waals surface area contributed by atoms with Crippen LogP contribution in [-0.2, 0) is 4.79 Å². The number of alkyl halides is 3. The fourth-order valence-corrected chi connectivity index (χ4v) is 2.31. The number of benzene rings is 1. The van der Waals surface area contributed by atoms with Gasteiger partial charge in [-0.3, -0.25) is 4.79 Å². The topological polar surface area (TPSA) is 54.9 Å². The van der Waals surface area contributed by atoms with E-state index in [1.54, 1.807) is 0 Å². The van der Waals surface area contributed by atoms with E-state index >= 15 is 0 Å². The van der Waals surface area contributed by atoms with Crippen LogP contribution in [0.5, 0.6) is 0 Å². The Balaban J connectivity index is 2.34. The molecule has 0 fully saturated rings. The molecule has 2 rings (SSSR count). The maximum absolute atomic E-state index is 14.1. The van der Waals surface area contributed by atoms with Crippen molar-refractivity contribution < 1.29 is 22.4 Å². The van der Waals surface area contributed by atoms with E-state index in [-0.39, 0.29) is 21.7 Å². The maximum Gasteiger partial charge on any atom is 0.389 e. The number of hydrogen-bond donors (Lipinski definition) is 1. The largest absolute Gasteiger partial charge is 0.389 e. The Kier molecular flexibility index (Phi) is 6.18. The number of Topliss-reactive ketones (excluding diaryl/α,β-unsaturated/α-hetero) is 1. The van der Waals surface area contributed by atoms with Crippen LogP contribution in [0.1, 0.15) is 24.4 Å². The molecular weight excluding hydrogens is 385 g/mol. The summed E-state index contributed by atoms with van der Waals surface area (Å²) in [6, 6.07) is 3.82. The molecule has 1 N–H and O–H groups in total. The zero-order valence-electron chi connectivity index (χ0n) is 12.4. The molecular formula is C15H11Cl2F4N3O. The number of anilines is 1. The summed E-state index contributed by atoms with van der Waals surface area (Å²) >= 11 is 11.5. The van der Waals surface area contributed by atoms with Gasteiger partial charge in [-0.25, -0.2) is 9.37 Å². The van der Waals surface area contributed by atoms with Crippen LogP contribution in [0.4, 0.5) is 23.4 Å². The molecule has 0 bridgehead atoms. The molecule has 1 unspecified atom stereocenters. The lowest BCUT2D eigenvalue weighted by Gasteiger charge is -2.20. The number of nitrogens with one attached hydrogen (secondary N) is 1. The summed E-state index contributed by atoms with van der Waals surface area (Å²) in [4.78, 5) is 19.7. The second kappa shape index (κ2) is 7.97. The van der Waals surface area contributed by atoms with Crippen LogP contribution >= 0.6 is 23.2 Å². The molecule has 4 nitrogen and oxygen atoms in total. The number of ketones is 1. The quantitative estimate of drug-likeness (QED) is 0.553. The van der Waals surface area contributed by atoms with Gasteiger partial charge in [0, 0.05) is 12.0 Å². The van der Waals surface area contributed by atoms with Crippen LogP contribution in [-0.4, -0.2) is 21.9 Å². The van der Waals surface area contributed by atoms with Gasteiger partial charge in [0.05, 0.1) is 12.6 Å². The predicted octanol–water partition coefficient (Wildman–Crippen LogP) is 4.99. The van der Waals surface area contributed by atoms with Crippen LogP contribution in [0.2, 0.25) is 10.3 Å². The Morgan fingerprint density at radius 2 is 1.92 bits per heavy atom. The first-order valence-electron chi connectivity index (χ1n) is 6.96. The van der Waals surface area contributed by atoms with Crippen molar-refractivity contribution in [3.63, 3.8) is 0 Å². The summed E-state index contributed by atoms with van der Waals surface area (Å²) in [5.41, 5.74) is -0.125. The smallest absolute Gasteiger partial charge is 0.355 e. The second-order valence-corrected chi connectivity index (χ2v) is 5.76. The van der Waals surface area contributed by atoms with Gasteiger partial charge in [0.25, 0.3) is 0 Å². The van der Waals surface area contributed by atoms with Crippen molar-refractivity contribution in [1.29, 1.82) is 0 Å². The zero-order chi connectivity index (χ0) is 18.6. The molecule has 0 amide bonds. The lowest BCUT2D eigenvalue weighted by Crippen LogP contribution is -2.24. The summed E-state index contributed by atoms with van der Waals surface area (Å²) in [5, 5.41) is 2.35. The van der Waals surface area contributed by atoms with Crippen LogP contribution in [0.25, 0.3) is 0 Å².